The standard InChI is InChI=1S/C55H98O6/c1-4-7-10-13-16-19-22-25-27-28-31-33-36-39-42-45-48-54(57)60-51-52(50-59-53(56)47-44-41-38-35-32-29-24-21-18-15-12-9-6-3)61-55(58)49-46-43-40-37-34-30-26-23-20-17-14-11-8-5-2/h7,10,16,19,25,27,30,34,52H,4-6,8-9,11-15,17-18,20-24,26,28-29,31-33,35-51H2,1-3H3/b10-7-,19-16-,27-25-,34-30-. The van der Waals surface area contributed by atoms with Crippen molar-refractivity contribution in [3.05, 3.63) is 48.6 Å². The van der Waals surface area contributed by atoms with Crippen LogP contribution in [0.1, 0.15) is 265 Å². The Morgan fingerprint density at radius 2 is 0.639 bits per heavy atom. The van der Waals surface area contributed by atoms with Gasteiger partial charge in [0.2, 0.25) is 0 Å². The number of carbonyl (C=O) groups is 3. The van der Waals surface area contributed by atoms with E-state index in [0.717, 1.165) is 96.3 Å². The highest BCUT2D eigenvalue weighted by atomic mass is 16.6. The van der Waals surface area contributed by atoms with Gasteiger partial charge in [-0.25, -0.2) is 0 Å². The molecule has 0 N–H and O–H groups in total. The summed E-state index contributed by atoms with van der Waals surface area (Å²) >= 11 is 0. The van der Waals surface area contributed by atoms with Crippen LogP contribution in [0.15, 0.2) is 48.6 Å². The highest BCUT2D eigenvalue weighted by Gasteiger charge is 2.19. The van der Waals surface area contributed by atoms with E-state index in [4.69, 9.17) is 14.2 Å². The molecule has 1 unspecified atom stereocenters. The van der Waals surface area contributed by atoms with E-state index in [1.165, 1.54) is 128 Å². The van der Waals surface area contributed by atoms with E-state index in [1.807, 2.05) is 0 Å². The Morgan fingerprint density at radius 1 is 0.344 bits per heavy atom. The molecule has 6 nitrogen and oxygen atoms in total. The lowest BCUT2D eigenvalue weighted by molar-refractivity contribution is -0.167. The van der Waals surface area contributed by atoms with Crippen molar-refractivity contribution >= 4 is 17.9 Å². The molecular weight excluding hydrogens is 757 g/mol. The topological polar surface area (TPSA) is 78.9 Å². The van der Waals surface area contributed by atoms with Gasteiger partial charge in [0.15, 0.2) is 6.10 Å². The minimum atomic E-state index is -0.783. The number of rotatable bonds is 47. The van der Waals surface area contributed by atoms with Gasteiger partial charge in [-0.1, -0.05) is 217 Å². The molecule has 0 aromatic heterocycles. The van der Waals surface area contributed by atoms with Gasteiger partial charge in [0.1, 0.15) is 13.2 Å². The van der Waals surface area contributed by atoms with E-state index in [0.29, 0.717) is 19.3 Å². The Labute approximate surface area is 378 Å². The van der Waals surface area contributed by atoms with Gasteiger partial charge < -0.3 is 14.2 Å². The van der Waals surface area contributed by atoms with E-state index in [2.05, 4.69) is 69.4 Å². The molecule has 0 aliphatic heterocycles. The van der Waals surface area contributed by atoms with Crippen LogP contribution in [0.25, 0.3) is 0 Å². The summed E-state index contributed by atoms with van der Waals surface area (Å²) in [7, 11) is 0. The summed E-state index contributed by atoms with van der Waals surface area (Å²) in [5, 5.41) is 0. The van der Waals surface area contributed by atoms with Crippen molar-refractivity contribution < 1.29 is 28.6 Å². The second-order valence-electron chi connectivity index (χ2n) is 17.4. The molecule has 6 heteroatoms. The first-order valence-corrected chi connectivity index (χ1v) is 26.1. The highest BCUT2D eigenvalue weighted by molar-refractivity contribution is 5.71. The molecule has 0 rings (SSSR count). The van der Waals surface area contributed by atoms with Crippen LogP contribution < -0.4 is 0 Å². The number of hydrogen-bond donors (Lipinski definition) is 0. The van der Waals surface area contributed by atoms with Gasteiger partial charge in [0.05, 0.1) is 0 Å². The average Bonchev–Trinajstić information content (AvgIpc) is 3.26. The molecule has 61 heavy (non-hydrogen) atoms. The highest BCUT2D eigenvalue weighted by Crippen LogP contribution is 2.15. The van der Waals surface area contributed by atoms with E-state index in [9.17, 15) is 14.4 Å². The first kappa shape index (κ1) is 58.4. The van der Waals surface area contributed by atoms with Gasteiger partial charge in [-0.2, -0.15) is 0 Å². The van der Waals surface area contributed by atoms with Crippen molar-refractivity contribution in [2.24, 2.45) is 0 Å². The minimum Gasteiger partial charge on any atom is -0.462 e. The number of ether oxygens (including phenoxy) is 3. The third kappa shape index (κ3) is 48.3. The third-order valence-corrected chi connectivity index (χ3v) is 11.3. The Kier molecular flexibility index (Phi) is 47.9. The average molecular weight is 855 g/mol. The maximum atomic E-state index is 12.8. The molecule has 0 fully saturated rings. The third-order valence-electron chi connectivity index (χ3n) is 11.3. The van der Waals surface area contributed by atoms with Crippen LogP contribution in [0.3, 0.4) is 0 Å². The molecule has 0 aromatic rings. The minimum absolute atomic E-state index is 0.0810. The fourth-order valence-corrected chi connectivity index (χ4v) is 7.39. The molecule has 1 atom stereocenters. The van der Waals surface area contributed by atoms with E-state index in [1.54, 1.807) is 0 Å². The SMILES string of the molecule is CC/C=C\C/C=C\C/C=C\CCCCCCCCC(=O)OCC(COC(=O)CCCCCCCCCCCCCCC)OC(=O)CCCCC/C=C\CCCCCCCCC. The van der Waals surface area contributed by atoms with E-state index >= 15 is 0 Å². The second kappa shape index (κ2) is 50.0. The zero-order chi connectivity index (χ0) is 44.4. The largest absolute Gasteiger partial charge is 0.462 e. The molecule has 0 heterocycles. The lowest BCUT2D eigenvalue weighted by atomic mass is 10.0. The van der Waals surface area contributed by atoms with Gasteiger partial charge in [-0.05, 0) is 77.0 Å². The van der Waals surface area contributed by atoms with Gasteiger partial charge in [0, 0.05) is 19.3 Å². The van der Waals surface area contributed by atoms with Crippen molar-refractivity contribution in [1.29, 1.82) is 0 Å². The summed E-state index contributed by atoms with van der Waals surface area (Å²) in [5.41, 5.74) is 0. The van der Waals surface area contributed by atoms with Crippen molar-refractivity contribution in [2.45, 2.75) is 271 Å². The molecule has 0 saturated heterocycles. The molecule has 0 saturated carbocycles. The fraction of sp³-hybridized carbons (Fsp3) is 0.800. The first-order chi connectivity index (χ1) is 30.0. The summed E-state index contributed by atoms with van der Waals surface area (Å²) in [6.07, 6.45) is 59.5. The predicted octanol–water partition coefficient (Wildman–Crippen LogP) is 17.1. The van der Waals surface area contributed by atoms with Gasteiger partial charge in [-0.15, -0.1) is 0 Å². The van der Waals surface area contributed by atoms with Crippen LogP contribution in [0, 0.1) is 0 Å². The zero-order valence-corrected chi connectivity index (χ0v) is 40.4. The lowest BCUT2D eigenvalue weighted by Crippen LogP contribution is -2.30. The van der Waals surface area contributed by atoms with Crippen LogP contribution in [-0.4, -0.2) is 37.2 Å². The maximum absolute atomic E-state index is 12.8. The van der Waals surface area contributed by atoms with Crippen LogP contribution in [-0.2, 0) is 28.6 Å². The summed E-state index contributed by atoms with van der Waals surface area (Å²) in [5.74, 6) is -0.902. The van der Waals surface area contributed by atoms with Crippen LogP contribution in [0.2, 0.25) is 0 Å². The van der Waals surface area contributed by atoms with Crippen molar-refractivity contribution in [3.8, 4) is 0 Å². The number of carbonyl (C=O) groups excluding carboxylic acids is 3. The van der Waals surface area contributed by atoms with Gasteiger partial charge in [-0.3, -0.25) is 14.4 Å². The Hall–Kier alpha value is -2.63. The van der Waals surface area contributed by atoms with Crippen molar-refractivity contribution in [3.63, 3.8) is 0 Å². The quantitative estimate of drug-likeness (QED) is 0.0263. The Bertz CT molecular complexity index is 1070. The number of esters is 3. The molecule has 0 aromatic carbocycles. The number of unbranched alkanes of at least 4 members (excludes halogenated alkanes) is 28. The summed E-state index contributed by atoms with van der Waals surface area (Å²) in [4.78, 5) is 38.0. The van der Waals surface area contributed by atoms with Crippen molar-refractivity contribution in [1.82, 2.24) is 0 Å². The maximum Gasteiger partial charge on any atom is 0.306 e. The number of hydrogen-bond acceptors (Lipinski definition) is 6. The van der Waals surface area contributed by atoms with Gasteiger partial charge in [0.25, 0.3) is 0 Å². The number of allylic oxidation sites excluding steroid dienone is 8. The summed E-state index contributed by atoms with van der Waals surface area (Å²) in [6.45, 7) is 6.51. The Morgan fingerprint density at radius 3 is 1.03 bits per heavy atom. The fourth-order valence-electron chi connectivity index (χ4n) is 7.39. The van der Waals surface area contributed by atoms with E-state index in [-0.39, 0.29) is 31.1 Å². The van der Waals surface area contributed by atoms with Crippen molar-refractivity contribution in [2.75, 3.05) is 13.2 Å². The monoisotopic (exact) mass is 855 g/mol. The van der Waals surface area contributed by atoms with E-state index < -0.39 is 6.10 Å². The molecule has 0 radical (unpaired) electrons. The predicted molar refractivity (Wildman–Crippen MR) is 261 cm³/mol. The molecule has 0 aliphatic carbocycles. The van der Waals surface area contributed by atoms with Crippen LogP contribution in [0.4, 0.5) is 0 Å². The van der Waals surface area contributed by atoms with Gasteiger partial charge >= 0.3 is 17.9 Å². The Balaban J connectivity index is 4.40. The molecule has 0 spiro atoms. The lowest BCUT2D eigenvalue weighted by Gasteiger charge is -2.18. The normalized spacial score (nSPS) is 12.4. The van der Waals surface area contributed by atoms with Crippen LogP contribution >= 0.6 is 0 Å². The molecule has 0 amide bonds. The summed E-state index contributed by atoms with van der Waals surface area (Å²) in [6, 6.07) is 0. The smallest absolute Gasteiger partial charge is 0.306 e. The summed E-state index contributed by atoms with van der Waals surface area (Å²) < 4.78 is 16.8. The molecule has 0 aliphatic rings. The zero-order valence-electron chi connectivity index (χ0n) is 40.4. The second-order valence-corrected chi connectivity index (χ2v) is 17.4. The van der Waals surface area contributed by atoms with Crippen LogP contribution in [0.5, 0.6) is 0 Å². The first-order valence-electron chi connectivity index (χ1n) is 26.1. The molecule has 354 valence electrons. The molecule has 0 bridgehead atoms. The molecular formula is C55H98O6.